The zero-order valence-corrected chi connectivity index (χ0v) is 11.2. The van der Waals surface area contributed by atoms with Gasteiger partial charge in [-0.25, -0.2) is 0 Å². The van der Waals surface area contributed by atoms with Crippen LogP contribution in [0.25, 0.3) is 0 Å². The highest BCUT2D eigenvalue weighted by Crippen LogP contribution is 2.23. The van der Waals surface area contributed by atoms with Crippen molar-refractivity contribution in [2.75, 3.05) is 25.0 Å². The van der Waals surface area contributed by atoms with Crippen molar-refractivity contribution in [1.82, 2.24) is 4.90 Å². The first-order valence-corrected chi connectivity index (χ1v) is 6.64. The molecule has 4 heteroatoms. The van der Waals surface area contributed by atoms with Gasteiger partial charge in [0.05, 0.1) is 5.92 Å². The van der Waals surface area contributed by atoms with E-state index in [1.165, 1.54) is 0 Å². The molecule has 1 heterocycles. The van der Waals surface area contributed by atoms with E-state index in [0.717, 1.165) is 37.8 Å². The van der Waals surface area contributed by atoms with E-state index in [1.807, 2.05) is 0 Å². The molecule has 15 heavy (non-hydrogen) atoms. The van der Waals surface area contributed by atoms with E-state index in [-0.39, 0.29) is 17.2 Å². The van der Waals surface area contributed by atoms with Crippen molar-refractivity contribution in [2.45, 2.75) is 26.7 Å². The van der Waals surface area contributed by atoms with Crippen LogP contribution in [0.4, 0.5) is 0 Å². The molecule has 0 aliphatic carbocycles. The molecule has 0 bridgehead atoms. The SMILES string of the molecule is CC(C)(CBr)CN1CCCC(C(N)=O)C1. The number of alkyl halides is 1. The number of likely N-dealkylation sites (tertiary alicyclic amines) is 1. The summed E-state index contributed by atoms with van der Waals surface area (Å²) in [5.74, 6) is -0.0822. The molecule has 1 aliphatic heterocycles. The molecule has 0 spiro atoms. The normalized spacial score (nSPS) is 24.1. The number of halogens is 1. The predicted octanol–water partition coefficient (Wildman–Crippen LogP) is 1.60. The van der Waals surface area contributed by atoms with Crippen molar-refractivity contribution >= 4 is 21.8 Å². The number of amides is 1. The Labute approximate surface area is 101 Å². The van der Waals surface area contributed by atoms with E-state index >= 15 is 0 Å². The van der Waals surface area contributed by atoms with Gasteiger partial charge in [-0.05, 0) is 24.8 Å². The number of carbonyl (C=O) groups is 1. The molecular formula is C11H21BrN2O. The van der Waals surface area contributed by atoms with E-state index < -0.39 is 0 Å². The standard InChI is InChI=1S/C11H21BrN2O/c1-11(2,7-12)8-14-5-3-4-9(6-14)10(13)15/h9H,3-8H2,1-2H3,(H2,13,15). The van der Waals surface area contributed by atoms with Gasteiger partial charge in [0.2, 0.25) is 5.91 Å². The average molecular weight is 277 g/mol. The lowest BCUT2D eigenvalue weighted by molar-refractivity contribution is -0.123. The van der Waals surface area contributed by atoms with Crippen molar-refractivity contribution in [1.29, 1.82) is 0 Å². The van der Waals surface area contributed by atoms with Crippen LogP contribution in [0.2, 0.25) is 0 Å². The molecular weight excluding hydrogens is 256 g/mol. The van der Waals surface area contributed by atoms with Crippen LogP contribution >= 0.6 is 15.9 Å². The number of carbonyl (C=O) groups excluding carboxylic acids is 1. The Morgan fingerprint density at radius 3 is 2.80 bits per heavy atom. The van der Waals surface area contributed by atoms with Gasteiger partial charge in [0.25, 0.3) is 0 Å². The highest BCUT2D eigenvalue weighted by atomic mass is 79.9. The van der Waals surface area contributed by atoms with Gasteiger partial charge < -0.3 is 10.6 Å². The molecule has 1 aliphatic rings. The fourth-order valence-electron chi connectivity index (χ4n) is 2.08. The minimum atomic E-state index is -0.142. The van der Waals surface area contributed by atoms with Gasteiger partial charge in [0, 0.05) is 18.4 Å². The topological polar surface area (TPSA) is 46.3 Å². The molecule has 1 amide bonds. The number of hydrogen-bond donors (Lipinski definition) is 1. The number of nitrogens with zero attached hydrogens (tertiary/aromatic N) is 1. The smallest absolute Gasteiger partial charge is 0.221 e. The third-order valence-electron chi connectivity index (χ3n) is 2.92. The maximum Gasteiger partial charge on any atom is 0.221 e. The zero-order chi connectivity index (χ0) is 11.5. The van der Waals surface area contributed by atoms with Crippen LogP contribution in [0, 0.1) is 11.3 Å². The Bertz CT molecular complexity index is 231. The van der Waals surface area contributed by atoms with Crippen molar-refractivity contribution in [2.24, 2.45) is 17.1 Å². The van der Waals surface area contributed by atoms with Crippen molar-refractivity contribution in [3.05, 3.63) is 0 Å². The molecule has 1 atom stereocenters. The molecule has 0 radical (unpaired) electrons. The van der Waals surface area contributed by atoms with Crippen LogP contribution in [0.5, 0.6) is 0 Å². The molecule has 0 aromatic rings. The molecule has 88 valence electrons. The van der Waals surface area contributed by atoms with E-state index in [1.54, 1.807) is 0 Å². The molecule has 2 N–H and O–H groups in total. The lowest BCUT2D eigenvalue weighted by atomic mass is 9.92. The Balaban J connectivity index is 2.46. The summed E-state index contributed by atoms with van der Waals surface area (Å²) in [5, 5.41) is 0.984. The molecule has 3 nitrogen and oxygen atoms in total. The Kier molecular flexibility index (Phi) is 4.59. The van der Waals surface area contributed by atoms with Crippen LogP contribution < -0.4 is 5.73 Å². The van der Waals surface area contributed by atoms with Gasteiger partial charge in [-0.3, -0.25) is 4.79 Å². The lowest BCUT2D eigenvalue weighted by Gasteiger charge is -2.36. The maximum atomic E-state index is 11.1. The first-order chi connectivity index (χ1) is 6.94. The Hall–Kier alpha value is -0.0900. The molecule has 1 unspecified atom stereocenters. The molecule has 0 aromatic carbocycles. The van der Waals surface area contributed by atoms with E-state index in [2.05, 4.69) is 34.7 Å². The first-order valence-electron chi connectivity index (χ1n) is 5.52. The summed E-state index contributed by atoms with van der Waals surface area (Å²) in [6.07, 6.45) is 2.05. The van der Waals surface area contributed by atoms with Crippen LogP contribution in [0.1, 0.15) is 26.7 Å². The molecule has 0 saturated carbocycles. The van der Waals surface area contributed by atoms with Crippen molar-refractivity contribution in [3.63, 3.8) is 0 Å². The van der Waals surface area contributed by atoms with Gasteiger partial charge in [-0.1, -0.05) is 29.8 Å². The van der Waals surface area contributed by atoms with E-state index in [0.29, 0.717) is 0 Å². The molecule has 1 rings (SSSR count). The second-order valence-corrected chi connectivity index (χ2v) is 5.84. The summed E-state index contributed by atoms with van der Waals surface area (Å²) < 4.78 is 0. The van der Waals surface area contributed by atoms with Crippen LogP contribution in [-0.4, -0.2) is 35.8 Å². The summed E-state index contributed by atoms with van der Waals surface area (Å²) >= 11 is 3.52. The zero-order valence-electron chi connectivity index (χ0n) is 9.63. The highest BCUT2D eigenvalue weighted by Gasteiger charge is 2.27. The van der Waals surface area contributed by atoms with Gasteiger partial charge in [-0.2, -0.15) is 0 Å². The maximum absolute atomic E-state index is 11.1. The Morgan fingerprint density at radius 1 is 1.60 bits per heavy atom. The fraction of sp³-hybridized carbons (Fsp3) is 0.909. The third kappa shape index (κ3) is 4.11. The van der Waals surface area contributed by atoms with Crippen molar-refractivity contribution < 1.29 is 4.79 Å². The third-order valence-corrected chi connectivity index (χ3v) is 4.44. The molecule has 1 fully saturated rings. The van der Waals surface area contributed by atoms with Crippen LogP contribution in [-0.2, 0) is 4.79 Å². The van der Waals surface area contributed by atoms with Crippen molar-refractivity contribution in [3.8, 4) is 0 Å². The second kappa shape index (κ2) is 5.30. The summed E-state index contributed by atoms with van der Waals surface area (Å²) in [6.45, 7) is 7.43. The monoisotopic (exact) mass is 276 g/mol. The quantitative estimate of drug-likeness (QED) is 0.793. The number of primary amides is 1. The lowest BCUT2D eigenvalue weighted by Crippen LogP contribution is -2.45. The first kappa shape index (κ1) is 13.0. The fourth-order valence-corrected chi connectivity index (χ4v) is 2.26. The summed E-state index contributed by atoms with van der Waals surface area (Å²) in [6, 6.07) is 0. The number of piperidine rings is 1. The summed E-state index contributed by atoms with van der Waals surface area (Å²) in [5.41, 5.74) is 5.61. The predicted molar refractivity (Wildman–Crippen MR) is 65.9 cm³/mol. The largest absolute Gasteiger partial charge is 0.369 e. The van der Waals surface area contributed by atoms with Gasteiger partial charge in [0.15, 0.2) is 0 Å². The van der Waals surface area contributed by atoms with E-state index in [4.69, 9.17) is 5.73 Å². The molecule has 0 aromatic heterocycles. The Morgan fingerprint density at radius 2 is 2.27 bits per heavy atom. The minimum absolute atomic E-state index is 0.0601. The second-order valence-electron chi connectivity index (χ2n) is 5.27. The minimum Gasteiger partial charge on any atom is -0.369 e. The van der Waals surface area contributed by atoms with Crippen LogP contribution in [0.15, 0.2) is 0 Å². The number of nitrogens with two attached hydrogens (primary N) is 1. The number of rotatable bonds is 4. The summed E-state index contributed by atoms with van der Waals surface area (Å²) in [7, 11) is 0. The highest BCUT2D eigenvalue weighted by molar-refractivity contribution is 9.09. The van der Waals surface area contributed by atoms with Gasteiger partial charge >= 0.3 is 0 Å². The molecule has 1 saturated heterocycles. The number of hydrogen-bond acceptors (Lipinski definition) is 2. The summed E-state index contributed by atoms with van der Waals surface area (Å²) in [4.78, 5) is 13.5. The van der Waals surface area contributed by atoms with Gasteiger partial charge in [0.1, 0.15) is 0 Å². The van der Waals surface area contributed by atoms with Crippen LogP contribution in [0.3, 0.4) is 0 Å². The van der Waals surface area contributed by atoms with E-state index in [9.17, 15) is 4.79 Å². The van der Waals surface area contributed by atoms with Gasteiger partial charge in [-0.15, -0.1) is 0 Å². The average Bonchev–Trinajstić information content (AvgIpc) is 2.17.